The number of nitrogens with one attached hydrogen (secondary N) is 2. The van der Waals surface area contributed by atoms with Crippen molar-refractivity contribution >= 4 is 35.9 Å². The maximum Gasteiger partial charge on any atom is 0.410 e. The van der Waals surface area contributed by atoms with Crippen molar-refractivity contribution in [3.8, 4) is 22.3 Å². The van der Waals surface area contributed by atoms with Gasteiger partial charge in [0.2, 0.25) is 17.7 Å². The number of carbonyl (C=O) groups excluding carboxylic acids is 6. The fourth-order valence-electron chi connectivity index (χ4n) is 8.68. The molecule has 0 aliphatic heterocycles. The lowest BCUT2D eigenvalue weighted by molar-refractivity contribution is -0.146. The molecule has 6 rings (SSSR count). The van der Waals surface area contributed by atoms with Gasteiger partial charge in [-0.25, -0.2) is 9.59 Å². The summed E-state index contributed by atoms with van der Waals surface area (Å²) in [6.45, 7) is 5.74. The Labute approximate surface area is 387 Å². The second-order valence-electron chi connectivity index (χ2n) is 18.0. The molecule has 0 saturated heterocycles. The van der Waals surface area contributed by atoms with Gasteiger partial charge in [-0.2, -0.15) is 0 Å². The van der Waals surface area contributed by atoms with Gasteiger partial charge in [-0.3, -0.25) is 19.2 Å². The van der Waals surface area contributed by atoms with E-state index < -0.39 is 47.6 Å². The van der Waals surface area contributed by atoms with E-state index in [1.165, 1.54) is 35.8 Å². The van der Waals surface area contributed by atoms with Crippen molar-refractivity contribution in [1.29, 1.82) is 0 Å². The van der Waals surface area contributed by atoms with E-state index in [-0.39, 0.29) is 63.4 Å². The van der Waals surface area contributed by atoms with Gasteiger partial charge in [0.1, 0.15) is 30.9 Å². The fourth-order valence-corrected chi connectivity index (χ4v) is 8.68. The van der Waals surface area contributed by atoms with Gasteiger partial charge in [0.15, 0.2) is 0 Å². The first kappa shape index (κ1) is 48.7. The molecule has 2 N–H and O–H groups in total. The topological polar surface area (TPSA) is 164 Å². The third kappa shape index (κ3) is 11.9. The van der Waals surface area contributed by atoms with E-state index in [9.17, 15) is 28.8 Å². The smallest absolute Gasteiger partial charge is 0.410 e. The number of fused-ring (bicyclic) bond motifs is 6. The van der Waals surface area contributed by atoms with E-state index in [1.807, 2.05) is 72.8 Å². The Morgan fingerprint density at radius 1 is 0.621 bits per heavy atom. The molecule has 0 unspecified atom stereocenters. The lowest BCUT2D eigenvalue weighted by atomic mass is 9.98. The average molecular weight is 902 g/mol. The van der Waals surface area contributed by atoms with E-state index in [1.54, 1.807) is 27.8 Å². The maximum atomic E-state index is 14.5. The van der Waals surface area contributed by atoms with Crippen molar-refractivity contribution in [2.45, 2.75) is 88.8 Å². The minimum atomic E-state index is -1.24. The fraction of sp³-hybridized carbons (Fsp3) is 0.423. The monoisotopic (exact) mass is 901 g/mol. The molecule has 4 aromatic rings. The first-order valence-electron chi connectivity index (χ1n) is 22.7. The Bertz CT molecular complexity index is 2300. The Morgan fingerprint density at radius 3 is 1.58 bits per heavy atom. The van der Waals surface area contributed by atoms with Gasteiger partial charge < -0.3 is 39.5 Å². The minimum Gasteiger partial charge on any atom is -0.465 e. The number of amides is 5. The molecule has 350 valence electrons. The molecule has 0 radical (unpaired) electrons. The van der Waals surface area contributed by atoms with Gasteiger partial charge in [-0.05, 0) is 78.1 Å². The molecule has 2 aliphatic carbocycles. The van der Waals surface area contributed by atoms with Crippen molar-refractivity contribution in [3.05, 3.63) is 119 Å². The van der Waals surface area contributed by atoms with Crippen LogP contribution in [0.4, 0.5) is 9.59 Å². The molecule has 0 fully saturated rings. The van der Waals surface area contributed by atoms with Crippen LogP contribution in [0.1, 0.15) is 93.4 Å². The molecule has 2 aliphatic rings. The summed E-state index contributed by atoms with van der Waals surface area (Å²) in [4.78, 5) is 84.5. The number of alkyl carbamates (subject to hydrolysis) is 1. The Kier molecular flexibility index (Phi) is 16.2. The molecule has 5 amide bonds. The van der Waals surface area contributed by atoms with Crippen molar-refractivity contribution < 1.29 is 43.0 Å². The third-order valence-electron chi connectivity index (χ3n) is 12.3. The van der Waals surface area contributed by atoms with Crippen molar-refractivity contribution in [2.24, 2.45) is 0 Å². The van der Waals surface area contributed by atoms with Crippen LogP contribution in [0.25, 0.3) is 22.3 Å². The average Bonchev–Trinajstić information content (AvgIpc) is 3.81. The highest BCUT2D eigenvalue weighted by Crippen LogP contribution is 2.45. The van der Waals surface area contributed by atoms with Crippen LogP contribution >= 0.6 is 0 Å². The van der Waals surface area contributed by atoms with Gasteiger partial charge in [-0.15, -0.1) is 0 Å². The normalized spacial score (nSPS) is 13.5. The molecule has 0 bridgehead atoms. The van der Waals surface area contributed by atoms with Crippen LogP contribution in [0.2, 0.25) is 0 Å². The van der Waals surface area contributed by atoms with Crippen LogP contribution in [0, 0.1) is 0 Å². The van der Waals surface area contributed by atoms with Gasteiger partial charge in [0.25, 0.3) is 0 Å². The maximum absolute atomic E-state index is 14.5. The van der Waals surface area contributed by atoms with Crippen LogP contribution in [-0.4, -0.2) is 123 Å². The van der Waals surface area contributed by atoms with Crippen LogP contribution in [0.3, 0.4) is 0 Å². The molecule has 2 atom stereocenters. The summed E-state index contributed by atoms with van der Waals surface area (Å²) in [6, 6.07) is 29.9. The highest BCUT2D eigenvalue weighted by Gasteiger charge is 2.36. The number of hydrogen-bond acceptors (Lipinski definition) is 9. The molecule has 4 aromatic carbocycles. The van der Waals surface area contributed by atoms with Gasteiger partial charge in [-0.1, -0.05) is 110 Å². The van der Waals surface area contributed by atoms with Crippen molar-refractivity contribution in [3.63, 3.8) is 0 Å². The molecule has 14 nitrogen and oxygen atoms in total. The molecule has 14 heteroatoms. The van der Waals surface area contributed by atoms with Gasteiger partial charge in [0.05, 0.1) is 6.42 Å². The zero-order valence-electron chi connectivity index (χ0n) is 39.1. The Morgan fingerprint density at radius 2 is 1.09 bits per heavy atom. The van der Waals surface area contributed by atoms with Gasteiger partial charge >= 0.3 is 18.2 Å². The predicted octanol–water partition coefficient (Wildman–Crippen LogP) is 7.49. The number of nitrogens with zero attached hydrogens (tertiary/aromatic N) is 3. The van der Waals surface area contributed by atoms with E-state index in [0.717, 1.165) is 44.5 Å². The number of unbranched alkanes of at least 4 members (excludes halogenated alkanes) is 2. The summed E-state index contributed by atoms with van der Waals surface area (Å²) in [5, 5.41) is 5.31. The Hall–Kier alpha value is -6.70. The van der Waals surface area contributed by atoms with E-state index in [2.05, 4.69) is 34.9 Å². The van der Waals surface area contributed by atoms with Crippen LogP contribution in [-0.2, 0) is 33.4 Å². The van der Waals surface area contributed by atoms with Gasteiger partial charge in [0, 0.05) is 59.5 Å². The summed E-state index contributed by atoms with van der Waals surface area (Å²) in [7, 11) is 5.96. The number of benzene rings is 4. The molecule has 0 heterocycles. The lowest BCUT2D eigenvalue weighted by Crippen LogP contribution is -2.56. The van der Waals surface area contributed by atoms with Crippen LogP contribution in [0.5, 0.6) is 0 Å². The zero-order valence-corrected chi connectivity index (χ0v) is 39.1. The van der Waals surface area contributed by atoms with Crippen LogP contribution < -0.4 is 10.6 Å². The molecular formula is C52H63N5O9. The lowest BCUT2D eigenvalue weighted by Gasteiger charge is -2.33. The predicted molar refractivity (Wildman–Crippen MR) is 252 cm³/mol. The van der Waals surface area contributed by atoms with E-state index in [4.69, 9.17) is 14.2 Å². The molecule has 0 aromatic heterocycles. The SMILES string of the molecule is CNC(=O)C[C@@H](C(=O)N(C)CCN(C)C(=O)OC(C)(C)C)N(C)C(=O)[C@H](CCCCCC(=O)OCC1c2ccccc2-c2ccccc21)NC(=O)OCC1c2ccccc2-c2ccccc21. The molecule has 66 heavy (non-hydrogen) atoms. The minimum absolute atomic E-state index is 0.0249. The third-order valence-corrected chi connectivity index (χ3v) is 12.3. The van der Waals surface area contributed by atoms with Crippen LogP contribution in [0.15, 0.2) is 97.1 Å². The number of carbonyl (C=O) groups is 6. The summed E-state index contributed by atoms with van der Waals surface area (Å²) in [6.07, 6.45) is 0.0906. The second kappa shape index (κ2) is 22.0. The van der Waals surface area contributed by atoms with E-state index in [0.29, 0.717) is 19.3 Å². The molecule has 0 spiro atoms. The number of hydrogen-bond donors (Lipinski definition) is 2. The number of rotatable bonds is 19. The van der Waals surface area contributed by atoms with Crippen molar-refractivity contribution in [1.82, 2.24) is 25.3 Å². The summed E-state index contributed by atoms with van der Waals surface area (Å²) in [5.41, 5.74) is 8.07. The summed E-state index contributed by atoms with van der Waals surface area (Å²) in [5.74, 6) is -2.18. The zero-order chi connectivity index (χ0) is 47.5. The standard InChI is InChI=1S/C52H63N5O9/c1-52(2,3)66-51(63)56(6)30-29-55(5)49(61)45(31-46(58)53-4)57(7)48(60)44(54-50(62)65-33-43-40-25-17-13-21-36(40)37-22-14-18-26-41(37)43)27-9-8-10-28-47(59)64-32-42-38-23-15-11-19-34(38)35-20-12-16-24-39(35)42/h11-26,42-45H,8-10,27-33H2,1-7H3,(H,53,58)(H,54,62)/t44-,45-/m0/s1. The second-order valence-corrected chi connectivity index (χ2v) is 18.0. The highest BCUT2D eigenvalue weighted by molar-refractivity contribution is 5.94. The number of esters is 1. The van der Waals surface area contributed by atoms with E-state index >= 15 is 0 Å². The largest absolute Gasteiger partial charge is 0.465 e. The first-order chi connectivity index (χ1) is 31.6. The molecular weight excluding hydrogens is 839 g/mol. The summed E-state index contributed by atoms with van der Waals surface area (Å²) < 4.78 is 17.1. The number of likely N-dealkylation sites (N-methyl/N-ethyl adjacent to an activating group) is 3. The molecule has 0 saturated carbocycles. The number of ether oxygens (including phenoxy) is 3. The first-order valence-corrected chi connectivity index (χ1v) is 22.7. The quantitative estimate of drug-likeness (QED) is 0.0552. The summed E-state index contributed by atoms with van der Waals surface area (Å²) >= 11 is 0. The Balaban J connectivity index is 1.10. The van der Waals surface area contributed by atoms with Crippen molar-refractivity contribution in [2.75, 3.05) is 54.5 Å². The highest BCUT2D eigenvalue weighted by atomic mass is 16.6.